The molecule has 0 radical (unpaired) electrons. The van der Waals surface area contributed by atoms with Crippen LogP contribution in [0.4, 0.5) is 0 Å². The molecule has 3 nitrogen and oxygen atoms in total. The lowest BCUT2D eigenvalue weighted by molar-refractivity contribution is -0.133. The van der Waals surface area contributed by atoms with Crippen LogP contribution in [0, 0.1) is 22.2 Å². The van der Waals surface area contributed by atoms with E-state index in [1.807, 2.05) is 11.9 Å². The summed E-state index contributed by atoms with van der Waals surface area (Å²) < 4.78 is 0. The fraction of sp³-hybridized carbons (Fsp3) is 0.929. The lowest BCUT2D eigenvalue weighted by Gasteiger charge is -2.29. The van der Waals surface area contributed by atoms with Crippen molar-refractivity contribution < 1.29 is 4.79 Å². The van der Waals surface area contributed by atoms with Crippen molar-refractivity contribution in [3.05, 3.63) is 0 Å². The minimum absolute atomic E-state index is 0. The lowest BCUT2D eigenvalue weighted by Crippen LogP contribution is -2.41. The molecule has 1 fully saturated rings. The zero-order valence-electron chi connectivity index (χ0n) is 12.8. The van der Waals surface area contributed by atoms with E-state index in [1.165, 1.54) is 0 Å². The summed E-state index contributed by atoms with van der Waals surface area (Å²) in [6.07, 6.45) is 0. The van der Waals surface area contributed by atoms with Gasteiger partial charge in [0.25, 0.3) is 0 Å². The van der Waals surface area contributed by atoms with Crippen LogP contribution in [0.5, 0.6) is 0 Å². The van der Waals surface area contributed by atoms with E-state index in [9.17, 15) is 4.79 Å². The summed E-state index contributed by atoms with van der Waals surface area (Å²) in [6, 6.07) is 0. The van der Waals surface area contributed by atoms with Gasteiger partial charge in [0.2, 0.25) is 5.91 Å². The van der Waals surface area contributed by atoms with Gasteiger partial charge in [0, 0.05) is 19.5 Å². The molecule has 0 aromatic carbocycles. The molecule has 1 rings (SSSR count). The molecule has 4 heteroatoms. The van der Waals surface area contributed by atoms with Crippen molar-refractivity contribution in [2.45, 2.75) is 41.5 Å². The zero-order valence-corrected chi connectivity index (χ0v) is 13.6. The number of hydrogen-bond acceptors (Lipinski definition) is 2. The normalized spacial score (nSPS) is 21.1. The van der Waals surface area contributed by atoms with Crippen LogP contribution >= 0.6 is 12.4 Å². The van der Waals surface area contributed by atoms with Crippen molar-refractivity contribution in [3.63, 3.8) is 0 Å². The molecule has 0 heterocycles. The van der Waals surface area contributed by atoms with E-state index < -0.39 is 0 Å². The monoisotopic (exact) mass is 276 g/mol. The molecule has 0 atom stereocenters. The minimum atomic E-state index is -0.00636. The van der Waals surface area contributed by atoms with E-state index in [4.69, 9.17) is 5.73 Å². The number of halogens is 1. The molecule has 0 aromatic heterocycles. The predicted octanol–water partition coefficient (Wildman–Crippen LogP) is 2.53. The third-order valence-corrected chi connectivity index (χ3v) is 4.86. The summed E-state index contributed by atoms with van der Waals surface area (Å²) in [5, 5.41) is 0. The molecule has 1 aliphatic rings. The van der Waals surface area contributed by atoms with Crippen LogP contribution in [0.1, 0.15) is 41.5 Å². The van der Waals surface area contributed by atoms with E-state index >= 15 is 0 Å². The maximum atomic E-state index is 12.4. The summed E-state index contributed by atoms with van der Waals surface area (Å²) in [6.45, 7) is 14.2. The quantitative estimate of drug-likeness (QED) is 0.858. The van der Waals surface area contributed by atoms with Crippen molar-refractivity contribution in [1.29, 1.82) is 0 Å². The molecular formula is C14H29ClN2O. The van der Waals surface area contributed by atoms with E-state index in [0.29, 0.717) is 6.54 Å². The number of carbonyl (C=O) groups excluding carboxylic acids is 1. The number of amides is 1. The average Bonchev–Trinajstić information content (AvgIpc) is 2.56. The summed E-state index contributed by atoms with van der Waals surface area (Å²) in [5.74, 6) is 0.412. The summed E-state index contributed by atoms with van der Waals surface area (Å²) in [5.41, 5.74) is 5.94. The molecule has 1 saturated carbocycles. The molecule has 0 aromatic rings. The molecular weight excluding hydrogens is 248 g/mol. The summed E-state index contributed by atoms with van der Waals surface area (Å²) in [7, 11) is 1.89. The number of carbonyl (C=O) groups is 1. The molecule has 0 unspecified atom stereocenters. The summed E-state index contributed by atoms with van der Waals surface area (Å²) >= 11 is 0. The van der Waals surface area contributed by atoms with Gasteiger partial charge in [-0.05, 0) is 22.8 Å². The fourth-order valence-corrected chi connectivity index (χ4v) is 2.82. The Kier molecular flexibility index (Phi) is 4.93. The smallest absolute Gasteiger partial charge is 0.226 e. The van der Waals surface area contributed by atoms with Crippen LogP contribution in [0.15, 0.2) is 0 Å². The highest BCUT2D eigenvalue weighted by Gasteiger charge is 2.68. The largest absolute Gasteiger partial charge is 0.345 e. The Morgan fingerprint density at radius 3 is 1.89 bits per heavy atom. The maximum Gasteiger partial charge on any atom is 0.226 e. The van der Waals surface area contributed by atoms with Crippen molar-refractivity contribution >= 4 is 18.3 Å². The van der Waals surface area contributed by atoms with E-state index in [2.05, 4.69) is 41.5 Å². The Hall–Kier alpha value is -0.280. The highest BCUT2D eigenvalue weighted by Crippen LogP contribution is 2.68. The minimum Gasteiger partial charge on any atom is -0.345 e. The van der Waals surface area contributed by atoms with Gasteiger partial charge < -0.3 is 10.6 Å². The van der Waals surface area contributed by atoms with Gasteiger partial charge in [0.05, 0.1) is 0 Å². The van der Waals surface area contributed by atoms with E-state index in [-0.39, 0.29) is 40.5 Å². The highest BCUT2D eigenvalue weighted by atomic mass is 35.5. The van der Waals surface area contributed by atoms with Gasteiger partial charge in [0.1, 0.15) is 0 Å². The van der Waals surface area contributed by atoms with Crippen molar-refractivity contribution in [2.75, 3.05) is 20.1 Å². The number of nitrogens with two attached hydrogens (primary N) is 1. The average molecular weight is 277 g/mol. The Morgan fingerprint density at radius 2 is 1.61 bits per heavy atom. The maximum absolute atomic E-state index is 12.4. The molecule has 18 heavy (non-hydrogen) atoms. The second-order valence-electron chi connectivity index (χ2n) is 7.44. The van der Waals surface area contributed by atoms with Gasteiger partial charge in [0.15, 0.2) is 0 Å². The van der Waals surface area contributed by atoms with Gasteiger partial charge in [-0.1, -0.05) is 41.5 Å². The molecule has 0 saturated heterocycles. The van der Waals surface area contributed by atoms with Gasteiger partial charge >= 0.3 is 0 Å². The number of nitrogens with zero attached hydrogens (tertiary/aromatic N) is 1. The topological polar surface area (TPSA) is 46.3 Å². The van der Waals surface area contributed by atoms with Crippen molar-refractivity contribution in [2.24, 2.45) is 27.9 Å². The third kappa shape index (κ3) is 2.83. The number of hydrogen-bond donors (Lipinski definition) is 1. The number of rotatable bonds is 4. The van der Waals surface area contributed by atoms with Crippen LogP contribution in [0.3, 0.4) is 0 Å². The molecule has 1 aliphatic carbocycles. The van der Waals surface area contributed by atoms with Crippen LogP contribution in [-0.4, -0.2) is 30.9 Å². The first kappa shape index (κ1) is 17.7. The van der Waals surface area contributed by atoms with Crippen LogP contribution in [0.25, 0.3) is 0 Å². The predicted molar refractivity (Wildman–Crippen MR) is 78.8 cm³/mol. The van der Waals surface area contributed by atoms with Crippen LogP contribution in [0.2, 0.25) is 0 Å². The SMILES string of the molecule is CN(CC(C)(C)CN)C(=O)C1C(C)(C)C1(C)C.Cl. The van der Waals surface area contributed by atoms with Crippen LogP contribution in [-0.2, 0) is 4.79 Å². The first-order valence-corrected chi connectivity index (χ1v) is 6.42. The highest BCUT2D eigenvalue weighted by molar-refractivity contribution is 5.85. The zero-order chi connectivity index (χ0) is 13.6. The molecule has 108 valence electrons. The second kappa shape index (κ2) is 5.01. The van der Waals surface area contributed by atoms with Crippen LogP contribution < -0.4 is 5.73 Å². The first-order chi connectivity index (χ1) is 7.47. The molecule has 0 bridgehead atoms. The van der Waals surface area contributed by atoms with E-state index in [1.54, 1.807) is 0 Å². The van der Waals surface area contributed by atoms with Gasteiger partial charge in [-0.3, -0.25) is 4.79 Å². The lowest BCUT2D eigenvalue weighted by atomic mass is 9.93. The third-order valence-electron chi connectivity index (χ3n) is 4.86. The molecule has 0 aliphatic heterocycles. The van der Waals surface area contributed by atoms with Crippen molar-refractivity contribution in [1.82, 2.24) is 4.90 Å². The molecule has 0 spiro atoms. The Bertz CT molecular complexity index is 310. The van der Waals surface area contributed by atoms with E-state index in [0.717, 1.165) is 6.54 Å². The standard InChI is InChI=1S/C14H28N2O.ClH/c1-12(2,8-15)9-16(7)11(17)10-13(3,4)14(10,5)6;/h10H,8-9,15H2,1-7H3;1H. The van der Waals surface area contributed by atoms with Gasteiger partial charge in [-0.15, -0.1) is 12.4 Å². The Labute approximate surface area is 118 Å². The molecule has 2 N–H and O–H groups in total. The Morgan fingerprint density at radius 1 is 1.22 bits per heavy atom. The first-order valence-electron chi connectivity index (χ1n) is 6.42. The van der Waals surface area contributed by atoms with Gasteiger partial charge in [-0.2, -0.15) is 0 Å². The summed E-state index contributed by atoms with van der Waals surface area (Å²) in [4.78, 5) is 14.3. The Balaban J connectivity index is 0.00000289. The second-order valence-corrected chi connectivity index (χ2v) is 7.44. The van der Waals surface area contributed by atoms with Gasteiger partial charge in [-0.25, -0.2) is 0 Å². The molecule has 1 amide bonds. The fourth-order valence-electron chi connectivity index (χ4n) is 2.82. The van der Waals surface area contributed by atoms with Crippen molar-refractivity contribution in [3.8, 4) is 0 Å².